The summed E-state index contributed by atoms with van der Waals surface area (Å²) in [6.07, 6.45) is 4.94. The zero-order chi connectivity index (χ0) is 13.7. The Balaban J connectivity index is 2.18. The van der Waals surface area contributed by atoms with Gasteiger partial charge in [-0.15, -0.1) is 0 Å². The first-order chi connectivity index (χ1) is 9.24. The number of ether oxygens (including phenoxy) is 1. The van der Waals surface area contributed by atoms with E-state index in [9.17, 15) is 0 Å². The van der Waals surface area contributed by atoms with E-state index in [1.807, 2.05) is 19.9 Å². The van der Waals surface area contributed by atoms with Crippen LogP contribution in [0.25, 0.3) is 0 Å². The maximum absolute atomic E-state index is 5.53. The van der Waals surface area contributed by atoms with Crippen molar-refractivity contribution < 1.29 is 4.74 Å². The predicted molar refractivity (Wildman–Crippen MR) is 81.3 cm³/mol. The average molecular weight is 328 g/mol. The third kappa shape index (κ3) is 3.81. The van der Waals surface area contributed by atoms with Crippen molar-refractivity contribution in [3.8, 4) is 5.88 Å². The van der Waals surface area contributed by atoms with Crippen LogP contribution in [-0.2, 0) is 0 Å². The number of aromatic nitrogens is 2. The molecule has 0 N–H and O–H groups in total. The van der Waals surface area contributed by atoms with Gasteiger partial charge in [0.2, 0.25) is 11.8 Å². The zero-order valence-corrected chi connectivity index (χ0v) is 13.3. The minimum Gasteiger partial charge on any atom is -0.478 e. The smallest absolute Gasteiger partial charge is 0.229 e. The van der Waals surface area contributed by atoms with Gasteiger partial charge in [0.1, 0.15) is 0 Å². The number of aryl methyl sites for hydroxylation is 1. The zero-order valence-electron chi connectivity index (χ0n) is 11.7. The number of nitrogens with zero attached hydrogens (tertiary/aromatic N) is 3. The summed E-state index contributed by atoms with van der Waals surface area (Å²) in [7, 11) is 0. The number of alkyl halides is 1. The van der Waals surface area contributed by atoms with Crippen LogP contribution in [-0.4, -0.2) is 34.5 Å². The molecule has 1 aliphatic carbocycles. The van der Waals surface area contributed by atoms with Gasteiger partial charge in [-0.1, -0.05) is 15.9 Å². The maximum atomic E-state index is 5.53. The topological polar surface area (TPSA) is 38.2 Å². The molecule has 0 radical (unpaired) electrons. The molecule has 0 unspecified atom stereocenters. The molecule has 1 saturated carbocycles. The Morgan fingerprint density at radius 3 is 2.79 bits per heavy atom. The highest BCUT2D eigenvalue weighted by Gasteiger charge is 2.27. The third-order valence-electron chi connectivity index (χ3n) is 3.42. The van der Waals surface area contributed by atoms with Crippen LogP contribution in [0.15, 0.2) is 6.07 Å². The van der Waals surface area contributed by atoms with E-state index in [0.29, 0.717) is 18.5 Å². The molecule has 1 aliphatic rings. The van der Waals surface area contributed by atoms with Crippen LogP contribution in [0.3, 0.4) is 0 Å². The lowest BCUT2D eigenvalue weighted by molar-refractivity contribution is 0.323. The largest absolute Gasteiger partial charge is 0.478 e. The molecule has 1 heterocycles. The molecule has 0 atom stereocenters. The lowest BCUT2D eigenvalue weighted by Gasteiger charge is -2.37. The molecule has 0 aromatic carbocycles. The number of hydrogen-bond donors (Lipinski definition) is 0. The monoisotopic (exact) mass is 327 g/mol. The number of anilines is 1. The van der Waals surface area contributed by atoms with E-state index in [1.54, 1.807) is 0 Å². The van der Waals surface area contributed by atoms with Crippen molar-refractivity contribution >= 4 is 21.9 Å². The predicted octanol–water partition coefficient (Wildman–Crippen LogP) is 3.33. The van der Waals surface area contributed by atoms with Crippen LogP contribution in [0.4, 0.5) is 5.95 Å². The highest BCUT2D eigenvalue weighted by molar-refractivity contribution is 9.09. The third-order valence-corrected chi connectivity index (χ3v) is 3.98. The van der Waals surface area contributed by atoms with E-state index >= 15 is 0 Å². The van der Waals surface area contributed by atoms with E-state index in [-0.39, 0.29) is 0 Å². The highest BCUT2D eigenvalue weighted by atomic mass is 79.9. The average Bonchev–Trinajstić information content (AvgIpc) is 2.31. The molecule has 1 aromatic rings. The van der Waals surface area contributed by atoms with Crippen molar-refractivity contribution in [2.75, 3.05) is 23.4 Å². The van der Waals surface area contributed by atoms with Gasteiger partial charge in [-0.25, -0.2) is 4.98 Å². The molecule has 0 spiro atoms. The number of rotatable bonds is 7. The summed E-state index contributed by atoms with van der Waals surface area (Å²) in [5.74, 6) is 1.52. The Labute approximate surface area is 123 Å². The van der Waals surface area contributed by atoms with Gasteiger partial charge in [0.25, 0.3) is 0 Å². The van der Waals surface area contributed by atoms with Gasteiger partial charge in [0.05, 0.1) is 6.61 Å². The minimum absolute atomic E-state index is 0.607. The van der Waals surface area contributed by atoms with Crippen LogP contribution in [0.5, 0.6) is 5.88 Å². The fraction of sp³-hybridized carbons (Fsp3) is 0.714. The lowest BCUT2D eigenvalue weighted by Crippen LogP contribution is -2.42. The lowest BCUT2D eigenvalue weighted by atomic mass is 9.91. The van der Waals surface area contributed by atoms with E-state index in [2.05, 4.69) is 30.8 Å². The Bertz CT molecular complexity index is 410. The summed E-state index contributed by atoms with van der Waals surface area (Å²) in [5.41, 5.74) is 0.969. The summed E-state index contributed by atoms with van der Waals surface area (Å²) >= 11 is 3.50. The molecular weight excluding hydrogens is 306 g/mol. The van der Waals surface area contributed by atoms with E-state index < -0.39 is 0 Å². The van der Waals surface area contributed by atoms with Gasteiger partial charge in [0.15, 0.2) is 0 Å². The quantitative estimate of drug-likeness (QED) is 0.720. The van der Waals surface area contributed by atoms with Gasteiger partial charge in [-0.3, -0.25) is 0 Å². The van der Waals surface area contributed by atoms with Gasteiger partial charge in [-0.05, 0) is 39.5 Å². The summed E-state index contributed by atoms with van der Waals surface area (Å²) < 4.78 is 5.53. The molecule has 2 rings (SSSR count). The first-order valence-electron chi connectivity index (χ1n) is 7.05. The van der Waals surface area contributed by atoms with Crippen molar-refractivity contribution in [2.45, 2.75) is 45.6 Å². The highest BCUT2D eigenvalue weighted by Crippen LogP contribution is 2.29. The van der Waals surface area contributed by atoms with Crippen LogP contribution in [0.1, 0.15) is 38.3 Å². The molecule has 19 heavy (non-hydrogen) atoms. The molecular formula is C14H22BrN3O. The van der Waals surface area contributed by atoms with Crippen LogP contribution >= 0.6 is 15.9 Å². The fourth-order valence-electron chi connectivity index (χ4n) is 2.25. The second-order valence-electron chi connectivity index (χ2n) is 4.90. The molecule has 5 heteroatoms. The maximum Gasteiger partial charge on any atom is 0.229 e. The molecule has 1 fully saturated rings. The molecule has 0 amide bonds. The SMILES string of the molecule is CCOc1cc(C)nc(N(CCCBr)C2CCC2)n1. The summed E-state index contributed by atoms with van der Waals surface area (Å²) in [6, 6.07) is 2.51. The number of halogens is 1. The molecule has 0 aliphatic heterocycles. The van der Waals surface area contributed by atoms with Crippen molar-refractivity contribution in [2.24, 2.45) is 0 Å². The Hall–Kier alpha value is -0.840. The van der Waals surface area contributed by atoms with Crippen LogP contribution < -0.4 is 9.64 Å². The van der Waals surface area contributed by atoms with E-state index in [0.717, 1.165) is 29.9 Å². The Kier molecular flexibility index (Phi) is 5.43. The molecule has 0 saturated heterocycles. The van der Waals surface area contributed by atoms with Gasteiger partial charge in [0, 0.05) is 29.7 Å². The molecule has 4 nitrogen and oxygen atoms in total. The molecule has 0 bridgehead atoms. The van der Waals surface area contributed by atoms with Crippen molar-refractivity contribution in [1.29, 1.82) is 0 Å². The fourth-order valence-corrected chi connectivity index (χ4v) is 2.50. The minimum atomic E-state index is 0.607. The first-order valence-corrected chi connectivity index (χ1v) is 8.17. The van der Waals surface area contributed by atoms with Gasteiger partial charge < -0.3 is 9.64 Å². The molecule has 106 valence electrons. The van der Waals surface area contributed by atoms with Gasteiger partial charge >= 0.3 is 0 Å². The summed E-state index contributed by atoms with van der Waals surface area (Å²) in [4.78, 5) is 11.5. The first kappa shape index (κ1) is 14.6. The van der Waals surface area contributed by atoms with Gasteiger partial charge in [-0.2, -0.15) is 4.98 Å². The standard InChI is InChI=1S/C14H22BrN3O/c1-3-19-13-10-11(2)16-14(17-13)18(9-5-8-15)12-6-4-7-12/h10,12H,3-9H2,1-2H3. The summed E-state index contributed by atoms with van der Waals surface area (Å²) in [6.45, 7) is 5.62. The Morgan fingerprint density at radius 2 is 2.21 bits per heavy atom. The van der Waals surface area contributed by atoms with E-state index in [1.165, 1.54) is 19.3 Å². The normalized spacial score (nSPS) is 15.1. The van der Waals surface area contributed by atoms with Crippen molar-refractivity contribution in [3.63, 3.8) is 0 Å². The second kappa shape index (κ2) is 7.08. The van der Waals surface area contributed by atoms with Crippen LogP contribution in [0, 0.1) is 6.92 Å². The van der Waals surface area contributed by atoms with Crippen molar-refractivity contribution in [1.82, 2.24) is 9.97 Å². The number of hydrogen-bond acceptors (Lipinski definition) is 4. The van der Waals surface area contributed by atoms with E-state index in [4.69, 9.17) is 4.74 Å². The van der Waals surface area contributed by atoms with Crippen LogP contribution in [0.2, 0.25) is 0 Å². The second-order valence-corrected chi connectivity index (χ2v) is 5.69. The Morgan fingerprint density at radius 1 is 1.42 bits per heavy atom. The summed E-state index contributed by atoms with van der Waals surface area (Å²) in [5, 5.41) is 1.01. The molecule has 1 aromatic heterocycles. The van der Waals surface area contributed by atoms with Crippen molar-refractivity contribution in [3.05, 3.63) is 11.8 Å².